The second-order valence-corrected chi connectivity index (χ2v) is 5.39. The smallest absolute Gasteiger partial charge is 0.253 e. The second kappa shape index (κ2) is 7.57. The number of hydrogen-bond donors (Lipinski definition) is 0. The van der Waals surface area contributed by atoms with Crippen LogP contribution in [0.1, 0.15) is 29.8 Å². The first kappa shape index (κ1) is 16.0. The van der Waals surface area contributed by atoms with E-state index in [1.54, 1.807) is 0 Å². The van der Waals surface area contributed by atoms with Crippen LogP contribution in [0.4, 0.5) is 0 Å². The lowest BCUT2D eigenvalue weighted by Crippen LogP contribution is -2.57. The molecule has 0 aromatic heterocycles. The molecule has 0 spiro atoms. The summed E-state index contributed by atoms with van der Waals surface area (Å²) in [5.41, 5.74) is 1.98. The van der Waals surface area contributed by atoms with Crippen molar-refractivity contribution in [2.45, 2.75) is 26.8 Å². The first-order valence-corrected chi connectivity index (χ1v) is 7.92. The number of carbonyl (C=O) groups excluding carboxylic acids is 1. The van der Waals surface area contributed by atoms with E-state index in [0.717, 1.165) is 45.0 Å². The van der Waals surface area contributed by atoms with Crippen molar-refractivity contribution in [2.75, 3.05) is 39.4 Å². The highest BCUT2D eigenvalue weighted by atomic mass is 16.5. The van der Waals surface area contributed by atoms with Crippen molar-refractivity contribution in [1.82, 2.24) is 9.80 Å². The van der Waals surface area contributed by atoms with Gasteiger partial charge in [0.2, 0.25) is 0 Å². The van der Waals surface area contributed by atoms with Gasteiger partial charge < -0.3 is 9.64 Å². The minimum Gasteiger partial charge on any atom is -0.378 e. The summed E-state index contributed by atoms with van der Waals surface area (Å²) >= 11 is 0. The molecule has 0 bridgehead atoms. The third-order valence-corrected chi connectivity index (χ3v) is 4.04. The van der Waals surface area contributed by atoms with E-state index in [0.29, 0.717) is 6.04 Å². The van der Waals surface area contributed by atoms with Gasteiger partial charge in [0.15, 0.2) is 0 Å². The van der Waals surface area contributed by atoms with Crippen LogP contribution in [0.3, 0.4) is 0 Å². The lowest BCUT2D eigenvalue weighted by molar-refractivity contribution is -0.0746. The normalized spacial score (nSPS) is 19.5. The largest absolute Gasteiger partial charge is 0.378 e. The van der Waals surface area contributed by atoms with Crippen molar-refractivity contribution in [2.24, 2.45) is 0 Å². The lowest BCUT2D eigenvalue weighted by atomic mass is 10.1. The zero-order valence-corrected chi connectivity index (χ0v) is 13.3. The van der Waals surface area contributed by atoms with E-state index in [4.69, 9.17) is 4.74 Å². The molecule has 0 atom stereocenters. The zero-order valence-electron chi connectivity index (χ0n) is 13.3. The number of piperazine rings is 1. The van der Waals surface area contributed by atoms with Gasteiger partial charge in [-0.25, -0.2) is 0 Å². The molecule has 1 aromatic rings. The minimum atomic E-state index is 0.157. The summed E-state index contributed by atoms with van der Waals surface area (Å²) in [7, 11) is 0. The van der Waals surface area contributed by atoms with Gasteiger partial charge in [-0.2, -0.15) is 0 Å². The Morgan fingerprint density at radius 3 is 2.10 bits per heavy atom. The van der Waals surface area contributed by atoms with Crippen LogP contribution < -0.4 is 0 Å². The first-order chi connectivity index (χ1) is 10.2. The summed E-state index contributed by atoms with van der Waals surface area (Å²) in [6.07, 6.45) is 0. The maximum absolute atomic E-state index is 12.4. The molecule has 0 aliphatic carbocycles. The van der Waals surface area contributed by atoms with Crippen molar-refractivity contribution in [3.63, 3.8) is 0 Å². The van der Waals surface area contributed by atoms with Crippen LogP contribution >= 0.6 is 0 Å². The monoisotopic (exact) mass is 290 g/mol. The fourth-order valence-electron chi connectivity index (χ4n) is 2.60. The van der Waals surface area contributed by atoms with Crippen molar-refractivity contribution < 1.29 is 9.53 Å². The Balaban J connectivity index is 0.000000774. The van der Waals surface area contributed by atoms with Gasteiger partial charge in [0.25, 0.3) is 5.91 Å². The molecule has 4 heteroatoms. The van der Waals surface area contributed by atoms with Gasteiger partial charge in [0.05, 0.1) is 19.3 Å². The summed E-state index contributed by atoms with van der Waals surface area (Å²) in [4.78, 5) is 16.7. The van der Waals surface area contributed by atoms with E-state index in [2.05, 4.69) is 4.90 Å². The van der Waals surface area contributed by atoms with E-state index in [9.17, 15) is 4.79 Å². The molecule has 2 saturated heterocycles. The molecule has 2 aliphatic rings. The Morgan fingerprint density at radius 2 is 1.62 bits per heavy atom. The van der Waals surface area contributed by atoms with E-state index in [1.165, 1.54) is 5.56 Å². The van der Waals surface area contributed by atoms with Crippen molar-refractivity contribution in [1.29, 1.82) is 0 Å². The lowest BCUT2D eigenvalue weighted by Gasteiger charge is -2.42. The van der Waals surface area contributed by atoms with Crippen LogP contribution in [0.25, 0.3) is 0 Å². The van der Waals surface area contributed by atoms with Gasteiger partial charge in [0.1, 0.15) is 0 Å². The predicted molar refractivity (Wildman–Crippen MR) is 84.6 cm³/mol. The summed E-state index contributed by atoms with van der Waals surface area (Å²) in [6.45, 7) is 11.3. The molecule has 1 aromatic carbocycles. The van der Waals surface area contributed by atoms with Crippen molar-refractivity contribution >= 4 is 5.91 Å². The van der Waals surface area contributed by atoms with Gasteiger partial charge in [0, 0.05) is 31.7 Å². The molecule has 21 heavy (non-hydrogen) atoms. The summed E-state index contributed by atoms with van der Waals surface area (Å²) in [5.74, 6) is 0.157. The minimum absolute atomic E-state index is 0.157. The molecule has 3 rings (SSSR count). The molecule has 0 unspecified atom stereocenters. The molecule has 2 aliphatic heterocycles. The molecule has 0 N–H and O–H groups in total. The quantitative estimate of drug-likeness (QED) is 0.837. The average molecular weight is 290 g/mol. The Morgan fingerprint density at radius 1 is 1.05 bits per heavy atom. The number of benzene rings is 1. The van der Waals surface area contributed by atoms with Crippen LogP contribution in [0, 0.1) is 6.92 Å². The number of rotatable bonds is 2. The van der Waals surface area contributed by atoms with E-state index < -0.39 is 0 Å². The third-order valence-electron chi connectivity index (χ3n) is 4.04. The summed E-state index contributed by atoms with van der Waals surface area (Å²) in [6, 6.07) is 8.41. The van der Waals surface area contributed by atoms with Gasteiger partial charge in [-0.1, -0.05) is 31.5 Å². The SMILES string of the molecule is CC.Cc1ccc(C(=O)N2CCN(C3COC3)CC2)cc1. The molecule has 0 radical (unpaired) electrons. The topological polar surface area (TPSA) is 32.8 Å². The molecule has 2 heterocycles. The predicted octanol–water partition coefficient (Wildman–Crippen LogP) is 2.18. The fraction of sp³-hybridized carbons (Fsp3) is 0.588. The molecule has 116 valence electrons. The Kier molecular flexibility index (Phi) is 5.76. The highest BCUT2D eigenvalue weighted by Crippen LogP contribution is 2.15. The van der Waals surface area contributed by atoms with Crippen LogP contribution in [0.15, 0.2) is 24.3 Å². The van der Waals surface area contributed by atoms with Gasteiger partial charge >= 0.3 is 0 Å². The van der Waals surface area contributed by atoms with Gasteiger partial charge in [-0.05, 0) is 19.1 Å². The molecular weight excluding hydrogens is 264 g/mol. The molecule has 4 nitrogen and oxygen atoms in total. The van der Waals surface area contributed by atoms with E-state index >= 15 is 0 Å². The molecule has 1 amide bonds. The second-order valence-electron chi connectivity index (χ2n) is 5.39. The Bertz CT molecular complexity index is 446. The van der Waals surface area contributed by atoms with Crippen molar-refractivity contribution in [3.05, 3.63) is 35.4 Å². The van der Waals surface area contributed by atoms with E-state index in [-0.39, 0.29) is 5.91 Å². The fourth-order valence-corrected chi connectivity index (χ4v) is 2.60. The summed E-state index contributed by atoms with van der Waals surface area (Å²) < 4.78 is 5.22. The number of carbonyl (C=O) groups is 1. The van der Waals surface area contributed by atoms with Crippen LogP contribution in [-0.2, 0) is 4.74 Å². The van der Waals surface area contributed by atoms with Crippen LogP contribution in [0.5, 0.6) is 0 Å². The van der Waals surface area contributed by atoms with Crippen LogP contribution in [0.2, 0.25) is 0 Å². The highest BCUT2D eigenvalue weighted by Gasteiger charge is 2.30. The maximum Gasteiger partial charge on any atom is 0.253 e. The Hall–Kier alpha value is -1.39. The third kappa shape index (κ3) is 3.83. The molecular formula is C17H26N2O2. The first-order valence-electron chi connectivity index (χ1n) is 7.92. The molecule has 2 fully saturated rings. The van der Waals surface area contributed by atoms with E-state index in [1.807, 2.05) is 49.9 Å². The summed E-state index contributed by atoms with van der Waals surface area (Å²) in [5, 5.41) is 0. The zero-order chi connectivity index (χ0) is 15.2. The number of hydrogen-bond acceptors (Lipinski definition) is 3. The van der Waals surface area contributed by atoms with Gasteiger partial charge in [-0.15, -0.1) is 0 Å². The number of nitrogens with zero attached hydrogens (tertiary/aromatic N) is 2. The average Bonchev–Trinajstić information content (AvgIpc) is 2.48. The number of ether oxygens (including phenoxy) is 1. The number of aryl methyl sites for hydroxylation is 1. The maximum atomic E-state index is 12.4. The Labute approximate surface area is 127 Å². The van der Waals surface area contributed by atoms with Gasteiger partial charge in [-0.3, -0.25) is 9.69 Å². The van der Waals surface area contributed by atoms with Crippen molar-refractivity contribution in [3.8, 4) is 0 Å². The standard InChI is InChI=1S/C15H20N2O2.C2H6/c1-12-2-4-13(5-3-12)15(18)17-8-6-16(7-9-17)14-10-19-11-14;1-2/h2-5,14H,6-11H2,1H3;1-2H3. The number of amides is 1. The highest BCUT2D eigenvalue weighted by molar-refractivity contribution is 5.94. The molecule has 0 saturated carbocycles. The van der Waals surface area contributed by atoms with Crippen LogP contribution in [-0.4, -0.2) is 61.1 Å².